The van der Waals surface area contributed by atoms with E-state index in [9.17, 15) is 4.79 Å². The quantitative estimate of drug-likeness (QED) is 0.674. The molecule has 100 valence electrons. The highest BCUT2D eigenvalue weighted by atomic mass is 16.1. The number of aryl methyl sites for hydroxylation is 1. The first-order valence-corrected chi connectivity index (χ1v) is 6.42. The highest BCUT2D eigenvalue weighted by Crippen LogP contribution is 2.17. The first kappa shape index (κ1) is 14.9. The van der Waals surface area contributed by atoms with Gasteiger partial charge in [0.2, 0.25) is 6.41 Å². The van der Waals surface area contributed by atoms with Crippen LogP contribution in [0.4, 0.5) is 0 Å². The van der Waals surface area contributed by atoms with Gasteiger partial charge in [0.05, 0.1) is 0 Å². The van der Waals surface area contributed by atoms with E-state index >= 15 is 0 Å². The molecule has 0 atom stereocenters. The second kappa shape index (κ2) is 8.86. The van der Waals surface area contributed by atoms with Crippen LogP contribution in [-0.4, -0.2) is 17.9 Å². The molecule has 0 bridgehead atoms. The normalized spacial score (nSPS) is 9.16. The Hall–Kier alpha value is -2.16. The number of nitrogens with zero attached hydrogens (tertiary/aromatic N) is 1. The number of pyridine rings is 1. The lowest BCUT2D eigenvalue weighted by Gasteiger charge is -2.00. The Morgan fingerprint density at radius 2 is 1.89 bits per heavy atom. The number of hydrogen-bond donors (Lipinski definition) is 1. The van der Waals surface area contributed by atoms with Crippen molar-refractivity contribution in [2.75, 3.05) is 6.54 Å². The van der Waals surface area contributed by atoms with Crippen molar-refractivity contribution in [1.82, 2.24) is 10.3 Å². The van der Waals surface area contributed by atoms with Gasteiger partial charge in [-0.2, -0.15) is 0 Å². The maximum Gasteiger partial charge on any atom is 0.207 e. The van der Waals surface area contributed by atoms with Crippen LogP contribution in [0.25, 0.3) is 11.1 Å². The maximum atomic E-state index is 9.45. The SMILES string of the molecule is CCCNC=O.Cc1ccc(-c2cccnc2)cc1. The monoisotopic (exact) mass is 256 g/mol. The summed E-state index contributed by atoms with van der Waals surface area (Å²) < 4.78 is 0. The van der Waals surface area contributed by atoms with Gasteiger partial charge in [0, 0.05) is 18.9 Å². The molecule has 19 heavy (non-hydrogen) atoms. The van der Waals surface area contributed by atoms with Crippen molar-refractivity contribution >= 4 is 6.41 Å². The molecule has 0 saturated carbocycles. The number of hydrogen-bond acceptors (Lipinski definition) is 2. The Bertz CT molecular complexity index is 466. The van der Waals surface area contributed by atoms with Crippen molar-refractivity contribution in [3.63, 3.8) is 0 Å². The predicted molar refractivity (Wildman–Crippen MR) is 78.8 cm³/mol. The number of amides is 1. The third kappa shape index (κ3) is 5.82. The van der Waals surface area contributed by atoms with Crippen LogP contribution in [0.3, 0.4) is 0 Å². The lowest BCUT2D eigenvalue weighted by molar-refractivity contribution is -0.109. The second-order valence-electron chi connectivity index (χ2n) is 4.18. The minimum Gasteiger partial charge on any atom is -0.359 e. The molecule has 0 fully saturated rings. The van der Waals surface area contributed by atoms with E-state index in [1.807, 2.05) is 19.2 Å². The molecule has 0 aliphatic carbocycles. The van der Waals surface area contributed by atoms with Crippen LogP contribution in [0.5, 0.6) is 0 Å². The van der Waals surface area contributed by atoms with E-state index in [-0.39, 0.29) is 0 Å². The third-order valence-electron chi connectivity index (χ3n) is 2.52. The van der Waals surface area contributed by atoms with E-state index in [0.717, 1.165) is 13.0 Å². The van der Waals surface area contributed by atoms with E-state index in [1.165, 1.54) is 16.7 Å². The van der Waals surface area contributed by atoms with Gasteiger partial charge in [0.15, 0.2) is 0 Å². The number of aromatic nitrogens is 1. The minimum absolute atomic E-state index is 0.712. The van der Waals surface area contributed by atoms with Gasteiger partial charge in [-0.25, -0.2) is 0 Å². The summed E-state index contributed by atoms with van der Waals surface area (Å²) >= 11 is 0. The Morgan fingerprint density at radius 3 is 2.37 bits per heavy atom. The molecule has 2 aromatic rings. The van der Waals surface area contributed by atoms with Crippen LogP contribution >= 0.6 is 0 Å². The molecule has 0 aliphatic heterocycles. The van der Waals surface area contributed by atoms with Crippen LogP contribution in [0.2, 0.25) is 0 Å². The molecular weight excluding hydrogens is 236 g/mol. The van der Waals surface area contributed by atoms with Crippen LogP contribution in [0.15, 0.2) is 48.8 Å². The van der Waals surface area contributed by atoms with Crippen LogP contribution in [0.1, 0.15) is 18.9 Å². The summed E-state index contributed by atoms with van der Waals surface area (Å²) in [4.78, 5) is 13.5. The van der Waals surface area contributed by atoms with E-state index in [0.29, 0.717) is 6.41 Å². The van der Waals surface area contributed by atoms with Crippen LogP contribution in [-0.2, 0) is 4.79 Å². The summed E-state index contributed by atoms with van der Waals surface area (Å²) in [7, 11) is 0. The van der Waals surface area contributed by atoms with Gasteiger partial charge < -0.3 is 5.32 Å². The number of benzene rings is 1. The van der Waals surface area contributed by atoms with E-state index in [1.54, 1.807) is 6.20 Å². The maximum absolute atomic E-state index is 9.45. The summed E-state index contributed by atoms with van der Waals surface area (Å²) in [5.41, 5.74) is 3.67. The summed E-state index contributed by atoms with van der Waals surface area (Å²) in [5, 5.41) is 2.52. The Balaban J connectivity index is 0.000000258. The first-order chi connectivity index (χ1) is 9.27. The molecule has 0 aliphatic rings. The fourth-order valence-corrected chi connectivity index (χ4v) is 1.48. The molecule has 3 heteroatoms. The number of rotatable bonds is 4. The molecule has 0 radical (unpaired) electrons. The van der Waals surface area contributed by atoms with E-state index in [4.69, 9.17) is 0 Å². The highest BCUT2D eigenvalue weighted by Gasteiger charge is 1.94. The molecule has 1 N–H and O–H groups in total. The van der Waals surface area contributed by atoms with Crippen LogP contribution in [0, 0.1) is 6.92 Å². The molecule has 0 spiro atoms. The van der Waals surface area contributed by atoms with E-state index in [2.05, 4.69) is 47.6 Å². The lowest BCUT2D eigenvalue weighted by atomic mass is 10.1. The molecular formula is C16H20N2O. The van der Waals surface area contributed by atoms with Gasteiger partial charge in [-0.15, -0.1) is 0 Å². The second-order valence-corrected chi connectivity index (χ2v) is 4.18. The Kier molecular flexibility index (Phi) is 6.95. The summed E-state index contributed by atoms with van der Waals surface area (Å²) in [6, 6.07) is 12.5. The average molecular weight is 256 g/mol. The minimum atomic E-state index is 0.712. The summed E-state index contributed by atoms with van der Waals surface area (Å²) in [6.07, 6.45) is 5.39. The topological polar surface area (TPSA) is 42.0 Å². The molecule has 3 nitrogen and oxygen atoms in total. The number of carbonyl (C=O) groups excluding carboxylic acids is 1. The van der Waals surface area contributed by atoms with Crippen LogP contribution < -0.4 is 5.32 Å². The zero-order chi connectivity index (χ0) is 13.9. The molecule has 1 heterocycles. The zero-order valence-electron chi connectivity index (χ0n) is 11.5. The van der Waals surface area contributed by atoms with Crippen molar-refractivity contribution in [3.8, 4) is 11.1 Å². The van der Waals surface area contributed by atoms with Crippen molar-refractivity contribution in [3.05, 3.63) is 54.4 Å². The Labute approximate surface area is 114 Å². The third-order valence-corrected chi connectivity index (χ3v) is 2.52. The summed E-state index contributed by atoms with van der Waals surface area (Å²) in [6.45, 7) is 4.90. The fraction of sp³-hybridized carbons (Fsp3) is 0.250. The largest absolute Gasteiger partial charge is 0.359 e. The zero-order valence-corrected chi connectivity index (χ0v) is 11.5. The smallest absolute Gasteiger partial charge is 0.207 e. The van der Waals surface area contributed by atoms with Gasteiger partial charge in [0.25, 0.3) is 0 Å². The van der Waals surface area contributed by atoms with Gasteiger partial charge in [-0.3, -0.25) is 9.78 Å². The molecule has 0 unspecified atom stereocenters. The van der Waals surface area contributed by atoms with Crippen molar-refractivity contribution in [1.29, 1.82) is 0 Å². The van der Waals surface area contributed by atoms with Gasteiger partial charge >= 0.3 is 0 Å². The number of nitrogens with one attached hydrogen (secondary N) is 1. The number of carbonyl (C=O) groups is 1. The predicted octanol–water partition coefficient (Wildman–Crippen LogP) is 3.20. The Morgan fingerprint density at radius 1 is 1.16 bits per heavy atom. The molecule has 1 aromatic heterocycles. The highest BCUT2D eigenvalue weighted by molar-refractivity contribution is 5.62. The van der Waals surface area contributed by atoms with E-state index < -0.39 is 0 Å². The van der Waals surface area contributed by atoms with Crippen molar-refractivity contribution in [2.45, 2.75) is 20.3 Å². The van der Waals surface area contributed by atoms with Gasteiger partial charge in [0.1, 0.15) is 0 Å². The van der Waals surface area contributed by atoms with Gasteiger partial charge in [-0.1, -0.05) is 42.8 Å². The fourth-order valence-electron chi connectivity index (χ4n) is 1.48. The standard InChI is InChI=1S/C12H11N.C4H9NO/c1-10-4-6-11(7-5-10)12-3-2-8-13-9-12;1-2-3-5-4-6/h2-9H,1H3;4H,2-3H2,1H3,(H,5,6). The van der Waals surface area contributed by atoms with Crippen molar-refractivity contribution in [2.24, 2.45) is 0 Å². The average Bonchev–Trinajstić information content (AvgIpc) is 2.47. The molecule has 1 amide bonds. The molecule has 1 aromatic carbocycles. The molecule has 0 saturated heterocycles. The van der Waals surface area contributed by atoms with Crippen molar-refractivity contribution < 1.29 is 4.79 Å². The lowest BCUT2D eigenvalue weighted by Crippen LogP contribution is -2.10. The first-order valence-electron chi connectivity index (χ1n) is 6.42. The summed E-state index contributed by atoms with van der Waals surface area (Å²) in [5.74, 6) is 0. The molecule has 2 rings (SSSR count). The van der Waals surface area contributed by atoms with Gasteiger partial charge in [-0.05, 0) is 30.5 Å².